The molecule has 0 aliphatic carbocycles. The Balaban J connectivity index is 1.93. The first kappa shape index (κ1) is 13.1. The Bertz CT molecular complexity index is 424. The standard InChI is InChI=1S/C15H19NO2/c1-16(15-8-10-18-12-15)11-14-6-4-13(5-7-14)3-2-9-17/h4-7,15,17H,8-12H2,1H3. The van der Waals surface area contributed by atoms with Gasteiger partial charge in [0.15, 0.2) is 0 Å². The zero-order valence-electron chi connectivity index (χ0n) is 10.7. The van der Waals surface area contributed by atoms with Gasteiger partial charge in [0.05, 0.1) is 6.61 Å². The average Bonchev–Trinajstić information content (AvgIpc) is 2.92. The van der Waals surface area contributed by atoms with Crippen molar-refractivity contribution in [1.82, 2.24) is 4.90 Å². The van der Waals surface area contributed by atoms with E-state index in [1.807, 2.05) is 12.1 Å². The molecule has 3 nitrogen and oxygen atoms in total. The van der Waals surface area contributed by atoms with Crippen LogP contribution in [0.2, 0.25) is 0 Å². The summed E-state index contributed by atoms with van der Waals surface area (Å²) in [5.74, 6) is 5.54. The van der Waals surface area contributed by atoms with Crippen LogP contribution < -0.4 is 0 Å². The molecule has 1 saturated heterocycles. The second-order valence-electron chi connectivity index (χ2n) is 4.59. The smallest absolute Gasteiger partial charge is 0.104 e. The predicted molar refractivity (Wildman–Crippen MR) is 71.1 cm³/mol. The van der Waals surface area contributed by atoms with Crippen molar-refractivity contribution in [3.63, 3.8) is 0 Å². The molecular weight excluding hydrogens is 226 g/mol. The fourth-order valence-electron chi connectivity index (χ4n) is 2.12. The molecule has 1 atom stereocenters. The van der Waals surface area contributed by atoms with Crippen molar-refractivity contribution in [3.05, 3.63) is 35.4 Å². The van der Waals surface area contributed by atoms with Crippen LogP contribution in [-0.2, 0) is 11.3 Å². The van der Waals surface area contributed by atoms with Crippen LogP contribution >= 0.6 is 0 Å². The summed E-state index contributed by atoms with van der Waals surface area (Å²) in [7, 11) is 2.14. The lowest BCUT2D eigenvalue weighted by molar-refractivity contribution is 0.156. The van der Waals surface area contributed by atoms with Gasteiger partial charge in [0.25, 0.3) is 0 Å². The van der Waals surface area contributed by atoms with E-state index >= 15 is 0 Å². The molecule has 1 aliphatic rings. The Kier molecular flexibility index (Phi) is 4.77. The van der Waals surface area contributed by atoms with E-state index in [1.165, 1.54) is 5.56 Å². The third-order valence-corrected chi connectivity index (χ3v) is 3.23. The average molecular weight is 245 g/mol. The molecule has 1 fully saturated rings. The highest BCUT2D eigenvalue weighted by molar-refractivity contribution is 5.36. The molecule has 18 heavy (non-hydrogen) atoms. The first-order chi connectivity index (χ1) is 8.79. The maximum atomic E-state index is 8.63. The number of hydrogen-bond donors (Lipinski definition) is 1. The van der Waals surface area contributed by atoms with Crippen LogP contribution in [0, 0.1) is 11.8 Å². The van der Waals surface area contributed by atoms with Gasteiger partial charge >= 0.3 is 0 Å². The number of benzene rings is 1. The van der Waals surface area contributed by atoms with E-state index in [0.717, 1.165) is 31.7 Å². The summed E-state index contributed by atoms with van der Waals surface area (Å²) in [4.78, 5) is 2.33. The molecule has 3 heteroatoms. The second kappa shape index (κ2) is 6.55. The first-order valence-electron chi connectivity index (χ1n) is 6.26. The van der Waals surface area contributed by atoms with Crippen molar-refractivity contribution in [2.24, 2.45) is 0 Å². The van der Waals surface area contributed by atoms with Crippen molar-refractivity contribution < 1.29 is 9.84 Å². The lowest BCUT2D eigenvalue weighted by atomic mass is 10.1. The van der Waals surface area contributed by atoms with Crippen LogP contribution in [0.4, 0.5) is 0 Å². The molecule has 96 valence electrons. The normalized spacial score (nSPS) is 18.7. The van der Waals surface area contributed by atoms with Crippen LogP contribution in [0.1, 0.15) is 17.5 Å². The quantitative estimate of drug-likeness (QED) is 0.814. The van der Waals surface area contributed by atoms with Crippen LogP contribution in [0.25, 0.3) is 0 Å². The zero-order valence-corrected chi connectivity index (χ0v) is 10.7. The molecule has 0 saturated carbocycles. The number of ether oxygens (including phenoxy) is 1. The summed E-state index contributed by atoms with van der Waals surface area (Å²) in [6.07, 6.45) is 1.12. The Morgan fingerprint density at radius 1 is 1.39 bits per heavy atom. The molecule has 1 unspecified atom stereocenters. The minimum atomic E-state index is -0.0911. The molecule has 1 aliphatic heterocycles. The lowest BCUT2D eigenvalue weighted by Gasteiger charge is -2.22. The second-order valence-corrected chi connectivity index (χ2v) is 4.59. The van der Waals surface area contributed by atoms with Gasteiger partial charge in [-0.1, -0.05) is 24.0 Å². The molecular formula is C15H19NO2. The number of aliphatic hydroxyl groups excluding tert-OH is 1. The molecule has 2 rings (SSSR count). The Labute approximate surface area is 108 Å². The van der Waals surface area contributed by atoms with Gasteiger partial charge in [-0.05, 0) is 31.2 Å². The van der Waals surface area contributed by atoms with E-state index in [1.54, 1.807) is 0 Å². The Morgan fingerprint density at radius 3 is 2.78 bits per heavy atom. The van der Waals surface area contributed by atoms with Gasteiger partial charge in [-0.2, -0.15) is 0 Å². The first-order valence-corrected chi connectivity index (χ1v) is 6.26. The van der Waals surface area contributed by atoms with E-state index in [9.17, 15) is 0 Å². The van der Waals surface area contributed by atoms with E-state index < -0.39 is 0 Å². The van der Waals surface area contributed by atoms with Crippen LogP contribution in [0.3, 0.4) is 0 Å². The van der Waals surface area contributed by atoms with Gasteiger partial charge in [0.2, 0.25) is 0 Å². The highest BCUT2D eigenvalue weighted by atomic mass is 16.5. The fourth-order valence-corrected chi connectivity index (χ4v) is 2.12. The topological polar surface area (TPSA) is 32.7 Å². The van der Waals surface area contributed by atoms with E-state index in [0.29, 0.717) is 6.04 Å². The Hall–Kier alpha value is -1.34. The summed E-state index contributed by atoms with van der Waals surface area (Å²) in [5, 5.41) is 8.63. The highest BCUT2D eigenvalue weighted by Crippen LogP contribution is 2.14. The summed E-state index contributed by atoms with van der Waals surface area (Å²) >= 11 is 0. The van der Waals surface area contributed by atoms with Crippen molar-refractivity contribution >= 4 is 0 Å². The van der Waals surface area contributed by atoms with Gasteiger partial charge in [-0.3, -0.25) is 4.90 Å². The van der Waals surface area contributed by atoms with Gasteiger partial charge < -0.3 is 9.84 Å². The van der Waals surface area contributed by atoms with Crippen molar-refractivity contribution in [1.29, 1.82) is 0 Å². The molecule has 1 N–H and O–H groups in total. The summed E-state index contributed by atoms with van der Waals surface area (Å²) in [6, 6.07) is 8.72. The maximum Gasteiger partial charge on any atom is 0.104 e. The third-order valence-electron chi connectivity index (χ3n) is 3.23. The summed E-state index contributed by atoms with van der Waals surface area (Å²) in [5.41, 5.74) is 2.22. The van der Waals surface area contributed by atoms with E-state index in [2.05, 4.69) is 35.9 Å². The SMILES string of the molecule is CN(Cc1ccc(C#CCO)cc1)C1CCOC1. The number of aliphatic hydroxyl groups is 1. The molecule has 1 aromatic carbocycles. The third kappa shape index (κ3) is 3.58. The van der Waals surface area contributed by atoms with E-state index in [-0.39, 0.29) is 6.61 Å². The van der Waals surface area contributed by atoms with Gasteiger partial charge in [0, 0.05) is 24.8 Å². The maximum absolute atomic E-state index is 8.63. The van der Waals surface area contributed by atoms with Gasteiger partial charge in [-0.25, -0.2) is 0 Å². The molecule has 1 aromatic rings. The van der Waals surface area contributed by atoms with Gasteiger partial charge in [-0.15, -0.1) is 0 Å². The zero-order chi connectivity index (χ0) is 12.8. The molecule has 1 heterocycles. The van der Waals surface area contributed by atoms with Crippen LogP contribution in [0.5, 0.6) is 0 Å². The molecule has 0 amide bonds. The summed E-state index contributed by atoms with van der Waals surface area (Å²) < 4.78 is 5.40. The number of likely N-dealkylation sites (N-methyl/N-ethyl adjacent to an activating group) is 1. The predicted octanol–water partition coefficient (Wildman–Crippen LogP) is 1.25. The van der Waals surface area contributed by atoms with Crippen LogP contribution in [-0.4, -0.2) is 42.9 Å². The van der Waals surface area contributed by atoms with Crippen molar-refractivity contribution in [3.8, 4) is 11.8 Å². The number of rotatable bonds is 3. The molecule has 0 aromatic heterocycles. The van der Waals surface area contributed by atoms with Crippen LogP contribution in [0.15, 0.2) is 24.3 Å². The largest absolute Gasteiger partial charge is 0.384 e. The highest BCUT2D eigenvalue weighted by Gasteiger charge is 2.19. The van der Waals surface area contributed by atoms with Crippen molar-refractivity contribution in [2.75, 3.05) is 26.9 Å². The molecule has 0 bridgehead atoms. The van der Waals surface area contributed by atoms with Crippen molar-refractivity contribution in [2.45, 2.75) is 19.0 Å². The monoisotopic (exact) mass is 245 g/mol. The minimum absolute atomic E-state index is 0.0911. The molecule has 0 radical (unpaired) electrons. The van der Waals surface area contributed by atoms with E-state index in [4.69, 9.17) is 9.84 Å². The number of nitrogens with zero attached hydrogens (tertiary/aromatic N) is 1. The minimum Gasteiger partial charge on any atom is -0.384 e. The Morgan fingerprint density at radius 2 is 2.17 bits per heavy atom. The summed E-state index contributed by atoms with van der Waals surface area (Å²) in [6.45, 7) is 2.56. The fraction of sp³-hybridized carbons (Fsp3) is 0.467. The van der Waals surface area contributed by atoms with Gasteiger partial charge in [0.1, 0.15) is 6.61 Å². The lowest BCUT2D eigenvalue weighted by Crippen LogP contribution is -2.31. The molecule has 0 spiro atoms. The number of hydrogen-bond acceptors (Lipinski definition) is 3.